The van der Waals surface area contributed by atoms with Gasteiger partial charge in [0.05, 0.1) is 6.61 Å². The smallest absolute Gasteiger partial charge is 0.208 e. The second kappa shape index (κ2) is 3.09. The van der Waals surface area contributed by atoms with Crippen LogP contribution in [0.3, 0.4) is 0 Å². The van der Waals surface area contributed by atoms with E-state index in [-0.39, 0.29) is 6.61 Å². The highest BCUT2D eigenvalue weighted by Crippen LogP contribution is 2.18. The minimum absolute atomic E-state index is 0.268. The van der Waals surface area contributed by atoms with Crippen LogP contribution in [-0.2, 0) is 9.47 Å². The van der Waals surface area contributed by atoms with E-state index in [2.05, 4.69) is 9.47 Å². The molecule has 0 saturated heterocycles. The fourth-order valence-electron chi connectivity index (χ4n) is 0.781. The number of halogens is 1. The van der Waals surface area contributed by atoms with E-state index in [4.69, 9.17) is 5.11 Å². The summed E-state index contributed by atoms with van der Waals surface area (Å²) in [4.78, 5) is 0. The average molecular weight is 148 g/mol. The van der Waals surface area contributed by atoms with Crippen molar-refractivity contribution in [2.45, 2.75) is 12.4 Å². The first-order valence-corrected chi connectivity index (χ1v) is 2.93. The molecule has 1 N–H and O–H groups in total. The number of hydrogen-bond acceptors (Lipinski definition) is 3. The molecule has 1 aliphatic heterocycles. The van der Waals surface area contributed by atoms with Crippen LogP contribution in [-0.4, -0.2) is 31.2 Å². The van der Waals surface area contributed by atoms with E-state index in [1.165, 1.54) is 13.2 Å². The predicted octanol–water partition coefficient (Wildman–Crippen LogP) is 0.203. The minimum Gasteiger partial charge on any atom is -0.382 e. The van der Waals surface area contributed by atoms with Gasteiger partial charge in [0.1, 0.15) is 6.10 Å². The van der Waals surface area contributed by atoms with Gasteiger partial charge in [-0.2, -0.15) is 0 Å². The Morgan fingerprint density at radius 3 is 3.00 bits per heavy atom. The lowest BCUT2D eigenvalue weighted by Crippen LogP contribution is -2.16. The second-order valence-electron chi connectivity index (χ2n) is 2.03. The predicted molar refractivity (Wildman–Crippen MR) is 31.9 cm³/mol. The van der Waals surface area contributed by atoms with Crippen LogP contribution in [0.15, 0.2) is 11.9 Å². The number of hydrogen-bond donors (Lipinski definition) is 1. The standard InChI is InChI=1S/C6H9FO3/c1-9-3-4-2-5(7)6(8)10-4/h2,4,6,8H,3H2,1H3/t4-,6?/m1/s1. The van der Waals surface area contributed by atoms with E-state index in [1.54, 1.807) is 0 Å². The fraction of sp³-hybridized carbons (Fsp3) is 0.667. The largest absolute Gasteiger partial charge is 0.382 e. The van der Waals surface area contributed by atoms with Crippen molar-refractivity contribution in [1.29, 1.82) is 0 Å². The molecule has 0 radical (unpaired) electrons. The zero-order valence-corrected chi connectivity index (χ0v) is 5.58. The van der Waals surface area contributed by atoms with E-state index >= 15 is 0 Å². The Labute approximate surface area is 58.1 Å². The van der Waals surface area contributed by atoms with Gasteiger partial charge in [-0.15, -0.1) is 0 Å². The molecule has 0 aromatic heterocycles. The zero-order valence-electron chi connectivity index (χ0n) is 5.58. The Hall–Kier alpha value is -0.450. The lowest BCUT2D eigenvalue weighted by molar-refractivity contribution is -0.102. The molecular formula is C6H9FO3. The first-order valence-electron chi connectivity index (χ1n) is 2.93. The van der Waals surface area contributed by atoms with Crippen LogP contribution in [0.2, 0.25) is 0 Å². The van der Waals surface area contributed by atoms with Crippen molar-refractivity contribution in [3.8, 4) is 0 Å². The molecule has 2 atom stereocenters. The first-order chi connectivity index (χ1) is 4.74. The van der Waals surface area contributed by atoms with Crippen molar-refractivity contribution >= 4 is 0 Å². The third-order valence-electron chi connectivity index (χ3n) is 1.22. The maximum absolute atomic E-state index is 12.3. The van der Waals surface area contributed by atoms with Gasteiger partial charge < -0.3 is 14.6 Å². The molecule has 1 rings (SSSR count). The van der Waals surface area contributed by atoms with Crippen LogP contribution < -0.4 is 0 Å². The number of rotatable bonds is 2. The Kier molecular flexibility index (Phi) is 2.37. The number of aliphatic hydroxyl groups is 1. The second-order valence-corrected chi connectivity index (χ2v) is 2.03. The van der Waals surface area contributed by atoms with Gasteiger partial charge in [0, 0.05) is 7.11 Å². The lowest BCUT2D eigenvalue weighted by atomic mass is 10.4. The molecule has 0 aliphatic carbocycles. The summed E-state index contributed by atoms with van der Waals surface area (Å²) in [5, 5.41) is 8.67. The Bertz CT molecular complexity index is 146. The summed E-state index contributed by atoms with van der Waals surface area (Å²) in [6, 6.07) is 0. The van der Waals surface area contributed by atoms with Crippen LogP contribution in [0.1, 0.15) is 0 Å². The summed E-state index contributed by atoms with van der Waals surface area (Å²) in [7, 11) is 1.49. The average Bonchev–Trinajstić information content (AvgIpc) is 2.14. The lowest BCUT2D eigenvalue weighted by Gasteiger charge is -2.07. The normalized spacial score (nSPS) is 32.5. The van der Waals surface area contributed by atoms with Crippen molar-refractivity contribution in [3.63, 3.8) is 0 Å². The molecule has 1 aliphatic rings. The summed E-state index contributed by atoms with van der Waals surface area (Å²) in [5.41, 5.74) is 0. The van der Waals surface area contributed by atoms with Crippen molar-refractivity contribution < 1.29 is 19.0 Å². The summed E-state index contributed by atoms with van der Waals surface area (Å²) in [5.74, 6) is -0.637. The van der Waals surface area contributed by atoms with Gasteiger partial charge in [0.25, 0.3) is 0 Å². The van der Waals surface area contributed by atoms with Crippen molar-refractivity contribution in [3.05, 3.63) is 11.9 Å². The molecular weight excluding hydrogens is 139 g/mol. The van der Waals surface area contributed by atoms with Crippen LogP contribution >= 0.6 is 0 Å². The van der Waals surface area contributed by atoms with E-state index in [9.17, 15) is 4.39 Å². The Morgan fingerprint density at radius 2 is 2.60 bits per heavy atom. The SMILES string of the molecule is COC[C@H]1C=C(F)C(O)O1. The molecule has 1 heterocycles. The summed E-state index contributed by atoms with van der Waals surface area (Å²) in [6.07, 6.45) is -0.631. The summed E-state index contributed by atoms with van der Waals surface area (Å²) >= 11 is 0. The van der Waals surface area contributed by atoms with E-state index in [0.29, 0.717) is 0 Å². The molecule has 0 fully saturated rings. The monoisotopic (exact) mass is 148 g/mol. The molecule has 10 heavy (non-hydrogen) atoms. The molecule has 4 heteroatoms. The van der Waals surface area contributed by atoms with E-state index in [0.717, 1.165) is 0 Å². The van der Waals surface area contributed by atoms with Gasteiger partial charge in [0.15, 0.2) is 5.83 Å². The number of ether oxygens (including phenoxy) is 2. The summed E-state index contributed by atoms with van der Waals surface area (Å²) < 4.78 is 21.7. The number of aliphatic hydroxyl groups excluding tert-OH is 1. The van der Waals surface area contributed by atoms with Gasteiger partial charge in [-0.1, -0.05) is 0 Å². The Morgan fingerprint density at radius 1 is 1.90 bits per heavy atom. The molecule has 58 valence electrons. The maximum Gasteiger partial charge on any atom is 0.208 e. The highest BCUT2D eigenvalue weighted by Gasteiger charge is 2.24. The topological polar surface area (TPSA) is 38.7 Å². The quantitative estimate of drug-likeness (QED) is 0.608. The molecule has 0 bridgehead atoms. The van der Waals surface area contributed by atoms with E-state index in [1.807, 2.05) is 0 Å². The Balaban J connectivity index is 2.40. The van der Waals surface area contributed by atoms with Gasteiger partial charge in [-0.3, -0.25) is 0 Å². The molecule has 0 spiro atoms. The third kappa shape index (κ3) is 1.53. The van der Waals surface area contributed by atoms with Gasteiger partial charge in [0.2, 0.25) is 6.29 Å². The van der Waals surface area contributed by atoms with Crippen molar-refractivity contribution in [2.24, 2.45) is 0 Å². The van der Waals surface area contributed by atoms with Crippen LogP contribution in [0, 0.1) is 0 Å². The number of methoxy groups -OCH3 is 1. The van der Waals surface area contributed by atoms with Crippen LogP contribution in [0.25, 0.3) is 0 Å². The van der Waals surface area contributed by atoms with Crippen LogP contribution in [0.5, 0.6) is 0 Å². The van der Waals surface area contributed by atoms with Gasteiger partial charge in [-0.05, 0) is 6.08 Å². The molecule has 0 amide bonds. The fourth-order valence-corrected chi connectivity index (χ4v) is 0.781. The van der Waals surface area contributed by atoms with Gasteiger partial charge in [-0.25, -0.2) is 4.39 Å². The highest BCUT2D eigenvalue weighted by atomic mass is 19.1. The molecule has 3 nitrogen and oxygen atoms in total. The van der Waals surface area contributed by atoms with Crippen molar-refractivity contribution in [1.82, 2.24) is 0 Å². The maximum atomic E-state index is 12.3. The molecule has 1 unspecified atom stereocenters. The summed E-state index contributed by atoms with van der Waals surface area (Å²) in [6.45, 7) is 0.268. The van der Waals surface area contributed by atoms with Gasteiger partial charge >= 0.3 is 0 Å². The highest BCUT2D eigenvalue weighted by molar-refractivity contribution is 5.05. The molecule has 0 saturated carbocycles. The van der Waals surface area contributed by atoms with E-state index < -0.39 is 18.2 Å². The molecule has 0 aromatic carbocycles. The zero-order chi connectivity index (χ0) is 7.56. The minimum atomic E-state index is -1.39. The van der Waals surface area contributed by atoms with Crippen molar-refractivity contribution in [2.75, 3.05) is 13.7 Å². The first kappa shape index (κ1) is 7.65. The third-order valence-corrected chi connectivity index (χ3v) is 1.22. The molecule has 0 aromatic rings. The van der Waals surface area contributed by atoms with Crippen LogP contribution in [0.4, 0.5) is 4.39 Å².